The molecule has 1 N–H and O–H groups in total. The normalized spacial score (nSPS) is 16.6. The van der Waals surface area contributed by atoms with Crippen LogP contribution in [0.4, 0.5) is 14.5 Å². The third kappa shape index (κ3) is 2.51. The molecule has 4 rings (SSSR count). The monoisotopic (exact) mass is 341 g/mol. The Morgan fingerprint density at radius 2 is 1.92 bits per heavy atom. The number of halogens is 2. The first-order chi connectivity index (χ1) is 11.6. The van der Waals surface area contributed by atoms with E-state index in [0.717, 1.165) is 10.4 Å². The molecular weight excluding hydrogens is 328 g/mol. The summed E-state index contributed by atoms with van der Waals surface area (Å²) in [5.74, 6) is -1.13. The smallest absolute Gasteiger partial charge is 0.225 e. The number of carbonyl (C=O) groups excluding carboxylic acids is 1. The van der Waals surface area contributed by atoms with Gasteiger partial charge in [0.05, 0.1) is 5.69 Å². The lowest BCUT2D eigenvalue weighted by Crippen LogP contribution is -2.23. The molecule has 2 nitrogen and oxygen atoms in total. The summed E-state index contributed by atoms with van der Waals surface area (Å²) in [6.07, 6.45) is 0.205. The summed E-state index contributed by atoms with van der Waals surface area (Å²) in [7, 11) is 0. The van der Waals surface area contributed by atoms with E-state index in [2.05, 4.69) is 5.32 Å². The molecule has 1 aliphatic rings. The van der Waals surface area contributed by atoms with Gasteiger partial charge in [-0.2, -0.15) is 0 Å². The minimum Gasteiger partial charge on any atom is -0.325 e. The SMILES string of the molecule is O=C1C[C@H](c2ccccc2F)c2scc(-c3cccc(F)c3)c2N1. The zero-order valence-electron chi connectivity index (χ0n) is 12.6. The average Bonchev–Trinajstić information content (AvgIpc) is 2.98. The van der Waals surface area contributed by atoms with Crippen LogP contribution in [0.2, 0.25) is 0 Å². The van der Waals surface area contributed by atoms with Crippen molar-refractivity contribution in [2.75, 3.05) is 5.32 Å². The molecular formula is C19H13F2NOS. The molecule has 24 heavy (non-hydrogen) atoms. The van der Waals surface area contributed by atoms with Crippen molar-refractivity contribution >= 4 is 22.9 Å². The Balaban J connectivity index is 1.85. The predicted octanol–water partition coefficient (Wildman–Crippen LogP) is 5.17. The zero-order chi connectivity index (χ0) is 16.7. The molecule has 0 saturated carbocycles. The zero-order valence-corrected chi connectivity index (χ0v) is 13.4. The second-order valence-corrected chi connectivity index (χ2v) is 6.64. The molecule has 3 aromatic rings. The minimum absolute atomic E-state index is 0.160. The lowest BCUT2D eigenvalue weighted by atomic mass is 9.89. The fraction of sp³-hybridized carbons (Fsp3) is 0.105. The molecule has 1 amide bonds. The van der Waals surface area contributed by atoms with E-state index < -0.39 is 0 Å². The van der Waals surface area contributed by atoms with E-state index in [4.69, 9.17) is 0 Å². The maximum atomic E-state index is 14.2. The molecule has 5 heteroatoms. The number of hydrogen-bond donors (Lipinski definition) is 1. The second kappa shape index (κ2) is 5.83. The van der Waals surface area contributed by atoms with Gasteiger partial charge in [0.1, 0.15) is 11.6 Å². The molecule has 2 aromatic carbocycles. The molecule has 0 saturated heterocycles. The molecule has 0 aliphatic carbocycles. The van der Waals surface area contributed by atoms with Crippen LogP contribution in [0.3, 0.4) is 0 Å². The van der Waals surface area contributed by atoms with Crippen molar-refractivity contribution in [2.45, 2.75) is 12.3 Å². The van der Waals surface area contributed by atoms with Crippen molar-refractivity contribution in [3.05, 3.63) is 76.0 Å². The number of anilines is 1. The summed E-state index contributed by atoms with van der Waals surface area (Å²) >= 11 is 1.46. The van der Waals surface area contributed by atoms with Crippen LogP contribution in [0, 0.1) is 11.6 Å². The van der Waals surface area contributed by atoms with Gasteiger partial charge in [0.15, 0.2) is 0 Å². The Morgan fingerprint density at radius 3 is 2.71 bits per heavy atom. The van der Waals surface area contributed by atoms with Gasteiger partial charge in [-0.15, -0.1) is 11.3 Å². The summed E-state index contributed by atoms with van der Waals surface area (Å²) in [6, 6.07) is 12.8. The minimum atomic E-state index is -0.333. The lowest BCUT2D eigenvalue weighted by Gasteiger charge is -2.24. The largest absolute Gasteiger partial charge is 0.325 e. The molecule has 0 fully saturated rings. The van der Waals surface area contributed by atoms with E-state index in [1.165, 1.54) is 29.5 Å². The topological polar surface area (TPSA) is 29.1 Å². The number of benzene rings is 2. The van der Waals surface area contributed by atoms with Crippen LogP contribution in [-0.4, -0.2) is 5.91 Å². The third-order valence-corrected chi connectivity index (χ3v) is 5.30. The van der Waals surface area contributed by atoms with Gasteiger partial charge >= 0.3 is 0 Å². The number of nitrogens with one attached hydrogen (secondary N) is 1. The van der Waals surface area contributed by atoms with Crippen molar-refractivity contribution in [2.24, 2.45) is 0 Å². The van der Waals surface area contributed by atoms with Crippen molar-refractivity contribution in [3.63, 3.8) is 0 Å². The van der Waals surface area contributed by atoms with Gasteiger partial charge in [-0.1, -0.05) is 30.3 Å². The highest BCUT2D eigenvalue weighted by atomic mass is 32.1. The first-order valence-corrected chi connectivity index (χ1v) is 8.43. The van der Waals surface area contributed by atoms with Crippen LogP contribution in [0.5, 0.6) is 0 Å². The quantitative estimate of drug-likeness (QED) is 0.685. The lowest BCUT2D eigenvalue weighted by molar-refractivity contribution is -0.116. The van der Waals surface area contributed by atoms with E-state index in [-0.39, 0.29) is 29.9 Å². The van der Waals surface area contributed by atoms with E-state index >= 15 is 0 Å². The van der Waals surface area contributed by atoms with Crippen LogP contribution in [0.15, 0.2) is 53.9 Å². The van der Waals surface area contributed by atoms with Crippen LogP contribution in [0.1, 0.15) is 22.8 Å². The Hall–Kier alpha value is -2.53. The Labute approximate surface area is 141 Å². The van der Waals surface area contributed by atoms with E-state index in [0.29, 0.717) is 16.8 Å². The molecule has 1 aliphatic heterocycles. The number of fused-ring (bicyclic) bond motifs is 1. The molecule has 0 bridgehead atoms. The molecule has 0 radical (unpaired) electrons. The standard InChI is InChI=1S/C19H13F2NOS/c20-12-5-3-4-11(8-12)15-10-24-19-14(9-17(23)22-18(15)19)13-6-1-2-7-16(13)21/h1-8,10,14H,9H2,(H,22,23)/t14-/m1/s1. The first kappa shape index (κ1) is 15.0. The predicted molar refractivity (Wildman–Crippen MR) is 91.2 cm³/mol. The fourth-order valence-corrected chi connectivity index (χ4v) is 4.26. The highest BCUT2D eigenvalue weighted by Gasteiger charge is 2.31. The number of carbonyl (C=O) groups is 1. The molecule has 2 heterocycles. The average molecular weight is 341 g/mol. The molecule has 120 valence electrons. The van der Waals surface area contributed by atoms with Gasteiger partial charge < -0.3 is 5.32 Å². The van der Waals surface area contributed by atoms with Crippen LogP contribution in [0.25, 0.3) is 11.1 Å². The van der Waals surface area contributed by atoms with Crippen molar-refractivity contribution in [3.8, 4) is 11.1 Å². The van der Waals surface area contributed by atoms with Gasteiger partial charge in [-0.3, -0.25) is 4.79 Å². The number of thiophene rings is 1. The van der Waals surface area contributed by atoms with E-state index in [9.17, 15) is 13.6 Å². The Bertz CT molecular complexity index is 935. The number of amides is 1. The Morgan fingerprint density at radius 1 is 1.08 bits per heavy atom. The van der Waals surface area contributed by atoms with Gasteiger partial charge in [-0.05, 0) is 29.3 Å². The molecule has 1 atom stereocenters. The van der Waals surface area contributed by atoms with Gasteiger partial charge in [0, 0.05) is 28.2 Å². The van der Waals surface area contributed by atoms with E-state index in [1.54, 1.807) is 30.3 Å². The highest BCUT2D eigenvalue weighted by molar-refractivity contribution is 7.11. The second-order valence-electron chi connectivity index (χ2n) is 5.73. The first-order valence-electron chi connectivity index (χ1n) is 7.55. The van der Waals surface area contributed by atoms with E-state index in [1.807, 2.05) is 5.38 Å². The molecule has 0 spiro atoms. The van der Waals surface area contributed by atoms with Crippen molar-refractivity contribution < 1.29 is 13.6 Å². The summed E-state index contributed by atoms with van der Waals surface area (Å²) < 4.78 is 27.7. The summed E-state index contributed by atoms with van der Waals surface area (Å²) in [5.41, 5.74) is 2.64. The van der Waals surface area contributed by atoms with Gasteiger partial charge in [0.25, 0.3) is 0 Å². The summed E-state index contributed by atoms with van der Waals surface area (Å²) in [5, 5.41) is 4.76. The van der Waals surface area contributed by atoms with Crippen molar-refractivity contribution in [1.29, 1.82) is 0 Å². The number of rotatable bonds is 2. The maximum absolute atomic E-state index is 14.2. The van der Waals surface area contributed by atoms with Crippen molar-refractivity contribution in [1.82, 2.24) is 0 Å². The highest BCUT2D eigenvalue weighted by Crippen LogP contribution is 2.46. The van der Waals surface area contributed by atoms with Gasteiger partial charge in [0.2, 0.25) is 5.91 Å². The fourth-order valence-electron chi connectivity index (χ4n) is 3.10. The third-order valence-electron chi connectivity index (χ3n) is 4.21. The van der Waals surface area contributed by atoms with Crippen LogP contribution >= 0.6 is 11.3 Å². The molecule has 1 aromatic heterocycles. The van der Waals surface area contributed by atoms with Crippen LogP contribution in [-0.2, 0) is 4.79 Å². The molecule has 0 unspecified atom stereocenters. The Kier molecular flexibility index (Phi) is 3.65. The summed E-state index contributed by atoms with van der Waals surface area (Å²) in [6.45, 7) is 0. The summed E-state index contributed by atoms with van der Waals surface area (Å²) in [4.78, 5) is 13.1. The maximum Gasteiger partial charge on any atom is 0.225 e. The number of hydrogen-bond acceptors (Lipinski definition) is 2. The van der Waals surface area contributed by atoms with Gasteiger partial charge in [-0.25, -0.2) is 8.78 Å². The van der Waals surface area contributed by atoms with Crippen LogP contribution < -0.4 is 5.32 Å².